The summed E-state index contributed by atoms with van der Waals surface area (Å²) in [4.78, 5) is 28.4. The molecule has 0 heterocycles. The van der Waals surface area contributed by atoms with Gasteiger partial charge in [-0.3, -0.25) is 13.9 Å². The zero-order valence-electron chi connectivity index (χ0n) is 21.1. The monoisotopic (exact) mass is 587 g/mol. The third kappa shape index (κ3) is 7.76. The molecule has 202 valence electrons. The van der Waals surface area contributed by atoms with E-state index in [-0.39, 0.29) is 39.2 Å². The summed E-state index contributed by atoms with van der Waals surface area (Å²) in [7, 11) is -3.95. The van der Waals surface area contributed by atoms with Gasteiger partial charge in [-0.15, -0.1) is 0 Å². The Morgan fingerprint density at radius 3 is 2.27 bits per heavy atom. The Bertz CT molecular complexity index is 1250. The van der Waals surface area contributed by atoms with Crippen molar-refractivity contribution in [2.24, 2.45) is 0 Å². The highest BCUT2D eigenvalue weighted by atomic mass is 35.5. The number of carbonyl (C=O) groups is 2. The molecule has 1 N–H and O–H groups in total. The standard InChI is InChI=1S/C26H32Cl3N3O4S/c1-17-9-7-8-10-19(17)15-31(18(2)26(34)30-20-11-5-4-6-12-20)25(33)16-32(37(3,35)36)24-14-22(28)21(27)13-23(24)29/h7-10,13-14,18,20H,4-6,11-12,15-16H2,1-3H3,(H,30,34)/t18-/m0/s1. The van der Waals surface area contributed by atoms with Crippen LogP contribution in [0.25, 0.3) is 0 Å². The number of halogens is 3. The van der Waals surface area contributed by atoms with Gasteiger partial charge in [-0.1, -0.05) is 78.3 Å². The summed E-state index contributed by atoms with van der Waals surface area (Å²) < 4.78 is 26.4. The van der Waals surface area contributed by atoms with Crippen LogP contribution in [0.5, 0.6) is 0 Å². The number of aryl methyl sites for hydroxylation is 1. The molecule has 0 bridgehead atoms. The summed E-state index contributed by atoms with van der Waals surface area (Å²) in [6, 6.07) is 9.42. The first-order chi connectivity index (χ1) is 17.4. The maximum Gasteiger partial charge on any atom is 0.244 e. The lowest BCUT2D eigenvalue weighted by molar-refractivity contribution is -0.139. The second-order valence-electron chi connectivity index (χ2n) is 9.45. The number of carbonyl (C=O) groups excluding carboxylic acids is 2. The Morgan fingerprint density at radius 1 is 1.03 bits per heavy atom. The van der Waals surface area contributed by atoms with E-state index in [4.69, 9.17) is 34.8 Å². The molecule has 1 fully saturated rings. The number of hydrogen-bond acceptors (Lipinski definition) is 4. The molecular weight excluding hydrogens is 557 g/mol. The second-order valence-corrected chi connectivity index (χ2v) is 12.6. The lowest BCUT2D eigenvalue weighted by atomic mass is 9.95. The predicted molar refractivity (Wildman–Crippen MR) is 150 cm³/mol. The molecule has 1 saturated carbocycles. The number of sulfonamides is 1. The van der Waals surface area contributed by atoms with Gasteiger partial charge in [0.2, 0.25) is 21.8 Å². The van der Waals surface area contributed by atoms with Gasteiger partial charge in [-0.25, -0.2) is 8.42 Å². The van der Waals surface area contributed by atoms with Crippen LogP contribution < -0.4 is 9.62 Å². The second kappa shape index (κ2) is 12.7. The van der Waals surface area contributed by atoms with E-state index in [1.807, 2.05) is 31.2 Å². The van der Waals surface area contributed by atoms with Crippen molar-refractivity contribution in [3.63, 3.8) is 0 Å². The van der Waals surface area contributed by atoms with Gasteiger partial charge in [0.15, 0.2) is 0 Å². The quantitative estimate of drug-likeness (QED) is 0.387. The highest BCUT2D eigenvalue weighted by Gasteiger charge is 2.32. The van der Waals surface area contributed by atoms with Gasteiger partial charge >= 0.3 is 0 Å². The van der Waals surface area contributed by atoms with Crippen LogP contribution in [0.4, 0.5) is 5.69 Å². The van der Waals surface area contributed by atoms with Crippen molar-refractivity contribution in [2.75, 3.05) is 17.1 Å². The molecule has 2 amide bonds. The van der Waals surface area contributed by atoms with Crippen molar-refractivity contribution < 1.29 is 18.0 Å². The van der Waals surface area contributed by atoms with Crippen molar-refractivity contribution in [3.8, 4) is 0 Å². The number of amides is 2. The highest BCUT2D eigenvalue weighted by molar-refractivity contribution is 7.92. The first-order valence-corrected chi connectivity index (χ1v) is 15.1. The molecule has 7 nitrogen and oxygen atoms in total. The molecule has 1 atom stereocenters. The summed E-state index contributed by atoms with van der Waals surface area (Å²) in [6.45, 7) is 3.15. The first kappa shape index (κ1) is 29.6. The maximum atomic E-state index is 13.7. The highest BCUT2D eigenvalue weighted by Crippen LogP contribution is 2.35. The number of hydrogen-bond donors (Lipinski definition) is 1. The smallest absolute Gasteiger partial charge is 0.244 e. The summed E-state index contributed by atoms with van der Waals surface area (Å²) in [5.74, 6) is -0.825. The fourth-order valence-corrected chi connectivity index (χ4v) is 5.97. The van der Waals surface area contributed by atoms with Crippen LogP contribution in [0.1, 0.15) is 50.2 Å². The van der Waals surface area contributed by atoms with Crippen molar-refractivity contribution in [2.45, 2.75) is 64.6 Å². The lowest BCUT2D eigenvalue weighted by Crippen LogP contribution is -2.53. The first-order valence-electron chi connectivity index (χ1n) is 12.1. The minimum atomic E-state index is -3.95. The molecule has 0 spiro atoms. The maximum absolute atomic E-state index is 13.7. The Morgan fingerprint density at radius 2 is 1.65 bits per heavy atom. The van der Waals surface area contributed by atoms with Crippen molar-refractivity contribution in [1.29, 1.82) is 0 Å². The van der Waals surface area contributed by atoms with E-state index in [9.17, 15) is 18.0 Å². The molecule has 0 aliphatic heterocycles. The van der Waals surface area contributed by atoms with E-state index in [0.717, 1.165) is 53.8 Å². The molecule has 37 heavy (non-hydrogen) atoms. The summed E-state index contributed by atoms with van der Waals surface area (Å²) in [5.41, 5.74) is 1.83. The van der Waals surface area contributed by atoms with Gasteiger partial charge < -0.3 is 10.2 Å². The number of rotatable bonds is 9. The van der Waals surface area contributed by atoms with Crippen LogP contribution in [0.15, 0.2) is 36.4 Å². The van der Waals surface area contributed by atoms with Gasteiger partial charge in [0.05, 0.1) is 27.0 Å². The average Bonchev–Trinajstić information content (AvgIpc) is 2.84. The van der Waals surface area contributed by atoms with Gasteiger partial charge in [-0.05, 0) is 49.9 Å². The average molecular weight is 589 g/mol. The SMILES string of the molecule is Cc1ccccc1CN(C(=O)CN(c1cc(Cl)c(Cl)cc1Cl)S(C)(=O)=O)[C@@H](C)C(=O)NC1CCCCC1. The van der Waals surface area contributed by atoms with Gasteiger partial charge in [0.1, 0.15) is 12.6 Å². The Labute approximate surface area is 234 Å². The summed E-state index contributed by atoms with van der Waals surface area (Å²) in [5, 5.41) is 3.36. The number of anilines is 1. The van der Waals surface area contributed by atoms with Crippen molar-refractivity contribution in [1.82, 2.24) is 10.2 Å². The largest absolute Gasteiger partial charge is 0.352 e. The van der Waals surface area contributed by atoms with E-state index in [1.165, 1.54) is 17.0 Å². The minimum Gasteiger partial charge on any atom is -0.352 e. The number of benzene rings is 2. The molecule has 0 unspecified atom stereocenters. The van der Waals surface area contributed by atoms with Crippen LogP contribution in [-0.4, -0.2) is 50.0 Å². The molecule has 2 aromatic carbocycles. The fourth-order valence-electron chi connectivity index (χ4n) is 4.42. The topological polar surface area (TPSA) is 86.8 Å². The molecule has 2 aromatic rings. The zero-order valence-corrected chi connectivity index (χ0v) is 24.2. The van der Waals surface area contributed by atoms with Crippen molar-refractivity contribution in [3.05, 3.63) is 62.6 Å². The molecule has 0 radical (unpaired) electrons. The van der Waals surface area contributed by atoms with Gasteiger partial charge in [0, 0.05) is 12.6 Å². The molecule has 3 rings (SSSR count). The van der Waals surface area contributed by atoms with E-state index in [0.29, 0.717) is 0 Å². The van der Waals surface area contributed by atoms with Crippen LogP contribution in [-0.2, 0) is 26.2 Å². The molecule has 0 aromatic heterocycles. The molecule has 1 aliphatic rings. The third-order valence-corrected chi connectivity index (χ3v) is 8.81. The Hall–Kier alpha value is -2.00. The van der Waals surface area contributed by atoms with Crippen molar-refractivity contribution >= 4 is 62.3 Å². The van der Waals surface area contributed by atoms with E-state index >= 15 is 0 Å². The fraction of sp³-hybridized carbons (Fsp3) is 0.462. The third-order valence-electron chi connectivity index (χ3n) is 6.66. The van der Waals surface area contributed by atoms with Crippen LogP contribution in [0.2, 0.25) is 15.1 Å². The van der Waals surface area contributed by atoms with Crippen LogP contribution >= 0.6 is 34.8 Å². The summed E-state index contributed by atoms with van der Waals surface area (Å²) >= 11 is 18.4. The molecule has 0 saturated heterocycles. The van der Waals surface area contributed by atoms with Crippen LogP contribution in [0.3, 0.4) is 0 Å². The zero-order chi connectivity index (χ0) is 27.3. The Balaban J connectivity index is 1.93. The van der Waals surface area contributed by atoms with Gasteiger partial charge in [-0.2, -0.15) is 0 Å². The van der Waals surface area contributed by atoms with E-state index < -0.39 is 28.5 Å². The lowest BCUT2D eigenvalue weighted by Gasteiger charge is -2.33. The number of nitrogens with zero attached hydrogens (tertiary/aromatic N) is 2. The van der Waals surface area contributed by atoms with Crippen LogP contribution in [0, 0.1) is 6.92 Å². The normalized spacial score (nSPS) is 15.2. The van der Waals surface area contributed by atoms with Gasteiger partial charge in [0.25, 0.3) is 0 Å². The minimum absolute atomic E-state index is 0.0289. The molecule has 11 heteroatoms. The molecule has 1 aliphatic carbocycles. The number of nitrogens with one attached hydrogen (secondary N) is 1. The summed E-state index contributed by atoms with van der Waals surface area (Å²) in [6.07, 6.45) is 6.05. The molecular formula is C26H32Cl3N3O4S. The van der Waals surface area contributed by atoms with E-state index in [2.05, 4.69) is 5.32 Å². The Kier molecular flexibility index (Phi) is 10.1. The predicted octanol–water partition coefficient (Wildman–Crippen LogP) is 5.59. The van der Waals surface area contributed by atoms with E-state index in [1.54, 1.807) is 6.92 Å².